The van der Waals surface area contributed by atoms with Gasteiger partial charge in [-0.05, 0) is 91.3 Å². The molecule has 6 heteroatoms. The van der Waals surface area contributed by atoms with Gasteiger partial charge in [-0.25, -0.2) is 9.37 Å². The Morgan fingerprint density at radius 1 is 1.10 bits per heavy atom. The normalized spacial score (nSPS) is 26.0. The largest absolute Gasteiger partial charge is 0.310 e. The SMILES string of the molecule is C[C@H](C(=O)Nc1ccc(Cl)cn1)C1CC2CC(c3ccnc4ccc(F)cc34)CC2C1. The van der Waals surface area contributed by atoms with Gasteiger partial charge in [-0.15, -0.1) is 0 Å². The first-order valence-electron chi connectivity index (χ1n) is 10.9. The number of hydrogen-bond donors (Lipinski definition) is 1. The van der Waals surface area contributed by atoms with Gasteiger partial charge in [0.1, 0.15) is 11.6 Å². The van der Waals surface area contributed by atoms with Crippen molar-refractivity contribution >= 4 is 34.2 Å². The predicted molar refractivity (Wildman–Crippen MR) is 120 cm³/mol. The lowest BCUT2D eigenvalue weighted by atomic mass is 9.86. The van der Waals surface area contributed by atoms with E-state index in [4.69, 9.17) is 11.6 Å². The Labute approximate surface area is 186 Å². The van der Waals surface area contributed by atoms with Crippen LogP contribution in [-0.4, -0.2) is 15.9 Å². The summed E-state index contributed by atoms with van der Waals surface area (Å²) < 4.78 is 13.8. The molecule has 1 N–H and O–H groups in total. The fraction of sp³-hybridized carbons (Fsp3) is 0.400. The topological polar surface area (TPSA) is 54.9 Å². The lowest BCUT2D eigenvalue weighted by Crippen LogP contribution is -2.26. The highest BCUT2D eigenvalue weighted by Crippen LogP contribution is 2.54. The molecule has 2 heterocycles. The number of halogens is 2. The van der Waals surface area contributed by atoms with Crippen molar-refractivity contribution in [2.45, 2.75) is 38.5 Å². The molecule has 3 atom stereocenters. The molecule has 2 aliphatic rings. The number of hydrogen-bond acceptors (Lipinski definition) is 3. The summed E-state index contributed by atoms with van der Waals surface area (Å²) in [6.07, 6.45) is 7.72. The van der Waals surface area contributed by atoms with Crippen LogP contribution in [0.25, 0.3) is 10.9 Å². The summed E-state index contributed by atoms with van der Waals surface area (Å²) >= 11 is 5.87. The van der Waals surface area contributed by atoms with E-state index in [1.165, 1.54) is 17.8 Å². The number of nitrogens with zero attached hydrogens (tertiary/aromatic N) is 2. The van der Waals surface area contributed by atoms with E-state index < -0.39 is 0 Å². The van der Waals surface area contributed by atoms with Gasteiger partial charge in [0, 0.05) is 23.7 Å². The Bertz CT molecular complexity index is 1110. The molecule has 1 amide bonds. The van der Waals surface area contributed by atoms with Crippen molar-refractivity contribution in [1.82, 2.24) is 9.97 Å². The van der Waals surface area contributed by atoms with Crippen molar-refractivity contribution in [3.63, 3.8) is 0 Å². The molecule has 2 fully saturated rings. The highest BCUT2D eigenvalue weighted by molar-refractivity contribution is 6.30. The second-order valence-corrected chi connectivity index (χ2v) is 9.56. The van der Waals surface area contributed by atoms with Gasteiger partial charge in [-0.2, -0.15) is 0 Å². The van der Waals surface area contributed by atoms with Gasteiger partial charge in [-0.3, -0.25) is 9.78 Å². The van der Waals surface area contributed by atoms with Crippen LogP contribution >= 0.6 is 11.6 Å². The fourth-order valence-electron chi connectivity index (χ4n) is 5.73. The molecule has 2 aromatic heterocycles. The zero-order valence-corrected chi connectivity index (χ0v) is 18.1. The molecular weight excluding hydrogens is 413 g/mol. The third kappa shape index (κ3) is 4.03. The fourth-order valence-corrected chi connectivity index (χ4v) is 5.84. The smallest absolute Gasteiger partial charge is 0.228 e. The summed E-state index contributed by atoms with van der Waals surface area (Å²) in [7, 11) is 0. The highest BCUT2D eigenvalue weighted by Gasteiger charge is 2.44. The van der Waals surface area contributed by atoms with Crippen LogP contribution in [0.1, 0.15) is 44.1 Å². The second kappa shape index (κ2) is 8.19. The molecule has 4 nitrogen and oxygen atoms in total. The van der Waals surface area contributed by atoms with Gasteiger partial charge in [0.2, 0.25) is 5.91 Å². The zero-order chi connectivity index (χ0) is 21.5. The molecule has 0 spiro atoms. The monoisotopic (exact) mass is 437 g/mol. The first kappa shape index (κ1) is 20.4. The van der Waals surface area contributed by atoms with E-state index >= 15 is 0 Å². The van der Waals surface area contributed by atoms with Gasteiger partial charge in [0.05, 0.1) is 10.5 Å². The molecule has 3 aromatic rings. The molecular formula is C25H25ClFN3O. The lowest BCUT2D eigenvalue weighted by molar-refractivity contribution is -0.120. The van der Waals surface area contributed by atoms with Crippen molar-refractivity contribution < 1.29 is 9.18 Å². The van der Waals surface area contributed by atoms with Crippen molar-refractivity contribution in [2.75, 3.05) is 5.32 Å². The summed E-state index contributed by atoms with van der Waals surface area (Å²) in [4.78, 5) is 21.3. The molecule has 0 aliphatic heterocycles. The number of amides is 1. The quantitative estimate of drug-likeness (QED) is 0.527. The average Bonchev–Trinajstić information content (AvgIpc) is 3.33. The van der Waals surface area contributed by atoms with Crippen molar-refractivity contribution in [1.29, 1.82) is 0 Å². The first-order chi connectivity index (χ1) is 15.0. The van der Waals surface area contributed by atoms with E-state index in [9.17, 15) is 9.18 Å². The van der Waals surface area contributed by atoms with Gasteiger partial charge in [0.25, 0.3) is 0 Å². The van der Waals surface area contributed by atoms with Crippen LogP contribution in [-0.2, 0) is 4.79 Å². The Morgan fingerprint density at radius 2 is 1.87 bits per heavy atom. The highest BCUT2D eigenvalue weighted by atomic mass is 35.5. The first-order valence-corrected chi connectivity index (χ1v) is 11.3. The minimum absolute atomic E-state index is 0.0203. The minimum Gasteiger partial charge on any atom is -0.310 e. The molecule has 0 radical (unpaired) electrons. The Hall–Kier alpha value is -2.53. The second-order valence-electron chi connectivity index (χ2n) is 9.12. The number of aromatic nitrogens is 2. The molecule has 2 saturated carbocycles. The van der Waals surface area contributed by atoms with Crippen LogP contribution in [0.5, 0.6) is 0 Å². The van der Waals surface area contributed by atoms with Crippen LogP contribution in [0.3, 0.4) is 0 Å². The van der Waals surface area contributed by atoms with E-state index in [2.05, 4.69) is 21.4 Å². The summed E-state index contributed by atoms with van der Waals surface area (Å²) in [5.41, 5.74) is 2.07. The van der Waals surface area contributed by atoms with E-state index in [1.54, 1.807) is 24.3 Å². The average molecular weight is 438 g/mol. The van der Waals surface area contributed by atoms with E-state index in [-0.39, 0.29) is 17.6 Å². The molecule has 0 saturated heterocycles. The number of carbonyl (C=O) groups is 1. The maximum Gasteiger partial charge on any atom is 0.228 e. The number of pyridine rings is 2. The van der Waals surface area contributed by atoms with Crippen molar-refractivity contribution in [3.05, 3.63) is 65.2 Å². The number of nitrogens with one attached hydrogen (secondary N) is 1. The van der Waals surface area contributed by atoms with Crippen LogP contribution < -0.4 is 5.32 Å². The molecule has 2 aliphatic carbocycles. The molecule has 1 aromatic carbocycles. The van der Waals surface area contributed by atoms with Crippen molar-refractivity contribution in [3.8, 4) is 0 Å². The summed E-state index contributed by atoms with van der Waals surface area (Å²) in [5, 5.41) is 4.41. The Morgan fingerprint density at radius 3 is 2.58 bits per heavy atom. The van der Waals surface area contributed by atoms with Gasteiger partial charge in [-0.1, -0.05) is 18.5 Å². The standard InChI is InChI=1S/C25H25ClFN3O/c1-14(25(31)30-24-5-2-19(26)13-29-24)15-8-16-10-18(11-17(16)9-15)21-6-7-28-23-4-3-20(27)12-22(21)23/h2-7,12-18H,8-11H2,1H3,(H,29,30,31)/t14-,15?,16?,17?,18?/m0/s1. The van der Waals surface area contributed by atoms with E-state index in [0.29, 0.717) is 34.5 Å². The number of rotatable bonds is 4. The van der Waals surface area contributed by atoms with Crippen LogP contribution in [0.2, 0.25) is 5.02 Å². The Kier molecular flexibility index (Phi) is 5.39. The van der Waals surface area contributed by atoms with Crippen LogP contribution in [0.4, 0.5) is 10.2 Å². The summed E-state index contributed by atoms with van der Waals surface area (Å²) in [5.74, 6) is 2.35. The molecule has 160 valence electrons. The molecule has 0 bridgehead atoms. The van der Waals surface area contributed by atoms with E-state index in [1.807, 2.05) is 13.1 Å². The third-order valence-electron chi connectivity index (χ3n) is 7.33. The van der Waals surface area contributed by atoms with Gasteiger partial charge >= 0.3 is 0 Å². The van der Waals surface area contributed by atoms with E-state index in [0.717, 1.165) is 36.6 Å². The molecule has 31 heavy (non-hydrogen) atoms. The van der Waals surface area contributed by atoms with Gasteiger partial charge in [0.15, 0.2) is 0 Å². The summed E-state index contributed by atoms with van der Waals surface area (Å²) in [6, 6.07) is 10.4. The minimum atomic E-state index is -0.213. The molecule has 2 unspecified atom stereocenters. The maximum atomic E-state index is 13.8. The van der Waals surface area contributed by atoms with Crippen LogP contribution in [0.15, 0.2) is 48.8 Å². The number of anilines is 1. The number of carbonyl (C=O) groups excluding carboxylic acids is 1. The number of fused-ring (bicyclic) bond motifs is 2. The predicted octanol–water partition coefficient (Wildman–Crippen LogP) is 6.22. The van der Waals surface area contributed by atoms with Crippen LogP contribution in [0, 0.1) is 29.5 Å². The number of benzene rings is 1. The zero-order valence-electron chi connectivity index (χ0n) is 17.4. The summed E-state index contributed by atoms with van der Waals surface area (Å²) in [6.45, 7) is 2.02. The Balaban J connectivity index is 1.24. The third-order valence-corrected chi connectivity index (χ3v) is 7.55. The lowest BCUT2D eigenvalue weighted by Gasteiger charge is -2.21. The molecule has 5 rings (SSSR count). The van der Waals surface area contributed by atoms with Crippen molar-refractivity contribution in [2.24, 2.45) is 23.7 Å². The maximum absolute atomic E-state index is 13.8. The van der Waals surface area contributed by atoms with Gasteiger partial charge < -0.3 is 5.32 Å².